The van der Waals surface area contributed by atoms with Crippen molar-refractivity contribution in [3.8, 4) is 0 Å². The molecule has 5 heteroatoms. The monoisotopic (exact) mass is 388 g/mol. The smallest absolute Gasteiger partial charge is 0.223 e. The van der Waals surface area contributed by atoms with Gasteiger partial charge in [-0.15, -0.1) is 0 Å². The van der Waals surface area contributed by atoms with Crippen molar-refractivity contribution >= 4 is 17.5 Å². The van der Waals surface area contributed by atoms with E-state index >= 15 is 0 Å². The Morgan fingerprint density at radius 1 is 1.19 bits per heavy atom. The van der Waals surface area contributed by atoms with Gasteiger partial charge in [0.25, 0.3) is 0 Å². The predicted octanol–water partition coefficient (Wildman–Crippen LogP) is 4.61. The highest BCUT2D eigenvalue weighted by Crippen LogP contribution is 2.24. The molecule has 3 rings (SSSR count). The van der Waals surface area contributed by atoms with Crippen LogP contribution in [0.1, 0.15) is 36.8 Å². The van der Waals surface area contributed by atoms with Gasteiger partial charge in [-0.05, 0) is 49.5 Å². The lowest BCUT2D eigenvalue weighted by molar-refractivity contribution is -0.126. The van der Waals surface area contributed by atoms with E-state index in [0.717, 1.165) is 25.9 Å². The van der Waals surface area contributed by atoms with Crippen LogP contribution in [-0.4, -0.2) is 30.4 Å². The minimum Gasteiger partial charge on any atom is -0.355 e. The molecule has 0 aromatic heterocycles. The fraction of sp³-hybridized carbons (Fsp3) is 0.409. The lowest BCUT2D eigenvalue weighted by atomic mass is 9.95. The van der Waals surface area contributed by atoms with Crippen molar-refractivity contribution < 1.29 is 9.18 Å². The number of carbonyl (C=O) groups excluding carboxylic acids is 1. The molecule has 1 N–H and O–H groups in total. The van der Waals surface area contributed by atoms with Gasteiger partial charge >= 0.3 is 0 Å². The van der Waals surface area contributed by atoms with Gasteiger partial charge in [0, 0.05) is 29.6 Å². The van der Waals surface area contributed by atoms with Crippen LogP contribution in [0.4, 0.5) is 4.39 Å². The van der Waals surface area contributed by atoms with Gasteiger partial charge in [0.2, 0.25) is 5.91 Å². The maximum Gasteiger partial charge on any atom is 0.223 e. The second-order valence-corrected chi connectivity index (χ2v) is 7.71. The van der Waals surface area contributed by atoms with Crippen molar-refractivity contribution in [2.75, 3.05) is 19.6 Å². The fourth-order valence-corrected chi connectivity index (χ4v) is 3.78. The van der Waals surface area contributed by atoms with Crippen molar-refractivity contribution in [2.45, 2.75) is 32.2 Å². The SMILES string of the molecule is CC(CNC(=O)C1CCN(Cc2c(F)cccc2Cl)CC1)c1ccccc1. The van der Waals surface area contributed by atoms with Crippen LogP contribution in [0.5, 0.6) is 0 Å². The van der Waals surface area contributed by atoms with Crippen molar-refractivity contribution in [1.29, 1.82) is 0 Å². The number of hydrogen-bond acceptors (Lipinski definition) is 2. The molecule has 144 valence electrons. The largest absolute Gasteiger partial charge is 0.355 e. The summed E-state index contributed by atoms with van der Waals surface area (Å²) in [6.07, 6.45) is 1.58. The number of carbonyl (C=O) groups is 1. The lowest BCUT2D eigenvalue weighted by Gasteiger charge is -2.31. The van der Waals surface area contributed by atoms with Crippen LogP contribution in [0.15, 0.2) is 48.5 Å². The number of rotatable bonds is 6. The highest BCUT2D eigenvalue weighted by Gasteiger charge is 2.26. The average molecular weight is 389 g/mol. The van der Waals surface area contributed by atoms with Crippen LogP contribution in [0.2, 0.25) is 5.02 Å². The molecule has 1 amide bonds. The Hall–Kier alpha value is -1.91. The number of nitrogens with one attached hydrogen (secondary N) is 1. The Morgan fingerprint density at radius 3 is 2.56 bits per heavy atom. The molecular weight excluding hydrogens is 363 g/mol. The highest BCUT2D eigenvalue weighted by molar-refractivity contribution is 6.31. The van der Waals surface area contributed by atoms with E-state index < -0.39 is 0 Å². The highest BCUT2D eigenvalue weighted by atomic mass is 35.5. The summed E-state index contributed by atoms with van der Waals surface area (Å²) in [5.41, 5.74) is 1.77. The van der Waals surface area contributed by atoms with E-state index in [1.807, 2.05) is 18.2 Å². The number of benzene rings is 2. The van der Waals surface area contributed by atoms with Crippen LogP contribution in [0.3, 0.4) is 0 Å². The Balaban J connectivity index is 1.45. The molecule has 0 radical (unpaired) electrons. The molecule has 3 nitrogen and oxygen atoms in total. The topological polar surface area (TPSA) is 32.3 Å². The molecule has 1 fully saturated rings. The molecule has 0 aliphatic carbocycles. The first-order valence-electron chi connectivity index (χ1n) is 9.52. The number of piperidine rings is 1. The van der Waals surface area contributed by atoms with E-state index in [1.165, 1.54) is 11.6 Å². The first-order valence-corrected chi connectivity index (χ1v) is 9.90. The van der Waals surface area contributed by atoms with E-state index in [4.69, 9.17) is 11.6 Å². The molecular formula is C22H26ClFN2O. The molecule has 1 aliphatic rings. The van der Waals surface area contributed by atoms with Gasteiger partial charge in [-0.1, -0.05) is 54.9 Å². The van der Waals surface area contributed by atoms with Gasteiger partial charge in [0.1, 0.15) is 5.82 Å². The molecule has 2 aromatic rings. The number of halogens is 2. The first-order chi connectivity index (χ1) is 13.0. The fourth-order valence-electron chi connectivity index (χ4n) is 3.56. The zero-order chi connectivity index (χ0) is 19.2. The van der Waals surface area contributed by atoms with Crippen LogP contribution in [0.25, 0.3) is 0 Å². The van der Waals surface area contributed by atoms with E-state index in [-0.39, 0.29) is 17.6 Å². The van der Waals surface area contributed by atoms with Crippen molar-refractivity contribution in [3.63, 3.8) is 0 Å². The number of hydrogen-bond donors (Lipinski definition) is 1. The number of amides is 1. The van der Waals surface area contributed by atoms with E-state index in [2.05, 4.69) is 29.3 Å². The summed E-state index contributed by atoms with van der Waals surface area (Å²) < 4.78 is 14.0. The van der Waals surface area contributed by atoms with Crippen LogP contribution < -0.4 is 5.32 Å². The maximum absolute atomic E-state index is 14.0. The van der Waals surface area contributed by atoms with E-state index in [1.54, 1.807) is 12.1 Å². The third-order valence-electron chi connectivity index (χ3n) is 5.35. The van der Waals surface area contributed by atoms with Gasteiger partial charge in [-0.2, -0.15) is 0 Å². The average Bonchev–Trinajstić information content (AvgIpc) is 2.70. The molecule has 1 saturated heterocycles. The van der Waals surface area contributed by atoms with Crippen LogP contribution in [-0.2, 0) is 11.3 Å². The quantitative estimate of drug-likeness (QED) is 0.783. The maximum atomic E-state index is 14.0. The van der Waals surface area contributed by atoms with Crippen molar-refractivity contribution in [1.82, 2.24) is 10.2 Å². The third kappa shape index (κ3) is 5.30. The predicted molar refractivity (Wildman–Crippen MR) is 107 cm³/mol. The Labute approximate surface area is 165 Å². The van der Waals surface area contributed by atoms with Crippen molar-refractivity contribution in [3.05, 3.63) is 70.5 Å². The van der Waals surface area contributed by atoms with E-state index in [0.29, 0.717) is 29.6 Å². The summed E-state index contributed by atoms with van der Waals surface area (Å²) >= 11 is 6.12. The molecule has 1 atom stereocenters. The molecule has 0 spiro atoms. The number of likely N-dealkylation sites (tertiary alicyclic amines) is 1. The molecule has 1 heterocycles. The molecule has 0 bridgehead atoms. The Kier molecular flexibility index (Phi) is 6.86. The molecule has 2 aromatic carbocycles. The van der Waals surface area contributed by atoms with Crippen LogP contribution >= 0.6 is 11.6 Å². The Morgan fingerprint density at radius 2 is 1.89 bits per heavy atom. The van der Waals surface area contributed by atoms with Gasteiger partial charge in [0.15, 0.2) is 0 Å². The normalized spacial score (nSPS) is 16.9. The summed E-state index contributed by atoms with van der Waals surface area (Å²) in [6.45, 7) is 4.81. The summed E-state index contributed by atoms with van der Waals surface area (Å²) in [6, 6.07) is 15.0. The third-order valence-corrected chi connectivity index (χ3v) is 5.71. The minimum atomic E-state index is -0.266. The minimum absolute atomic E-state index is 0.0281. The van der Waals surface area contributed by atoms with Gasteiger partial charge in [-0.25, -0.2) is 4.39 Å². The zero-order valence-corrected chi connectivity index (χ0v) is 16.4. The zero-order valence-electron chi connectivity index (χ0n) is 15.6. The van der Waals surface area contributed by atoms with Crippen molar-refractivity contribution in [2.24, 2.45) is 5.92 Å². The van der Waals surface area contributed by atoms with Gasteiger partial charge < -0.3 is 5.32 Å². The summed E-state index contributed by atoms with van der Waals surface area (Å²) in [5, 5.41) is 3.56. The van der Waals surface area contributed by atoms with Gasteiger partial charge in [0.05, 0.1) is 0 Å². The lowest BCUT2D eigenvalue weighted by Crippen LogP contribution is -2.41. The summed E-state index contributed by atoms with van der Waals surface area (Å²) in [5.74, 6) is 0.178. The summed E-state index contributed by atoms with van der Waals surface area (Å²) in [7, 11) is 0. The molecule has 27 heavy (non-hydrogen) atoms. The molecule has 1 unspecified atom stereocenters. The molecule has 0 saturated carbocycles. The second-order valence-electron chi connectivity index (χ2n) is 7.31. The first kappa shape index (κ1) is 19.8. The summed E-state index contributed by atoms with van der Waals surface area (Å²) in [4.78, 5) is 14.7. The number of nitrogens with zero attached hydrogens (tertiary/aromatic N) is 1. The van der Waals surface area contributed by atoms with E-state index in [9.17, 15) is 9.18 Å². The second kappa shape index (κ2) is 9.34. The Bertz CT molecular complexity index is 740. The van der Waals surface area contributed by atoms with Crippen LogP contribution in [0, 0.1) is 11.7 Å². The standard InChI is InChI=1S/C22H26ClFN2O/c1-16(17-6-3-2-4-7-17)14-25-22(27)18-10-12-26(13-11-18)15-19-20(23)8-5-9-21(19)24/h2-9,16,18H,10-15H2,1H3,(H,25,27). The van der Waals surface area contributed by atoms with Gasteiger partial charge in [-0.3, -0.25) is 9.69 Å². The molecule has 1 aliphatic heterocycles.